The summed E-state index contributed by atoms with van der Waals surface area (Å²) < 4.78 is 5.84. The predicted octanol–water partition coefficient (Wildman–Crippen LogP) is 1.47. The van der Waals surface area contributed by atoms with Gasteiger partial charge in [0.15, 0.2) is 0 Å². The van der Waals surface area contributed by atoms with Crippen molar-refractivity contribution in [3.8, 4) is 6.01 Å². The Morgan fingerprint density at radius 1 is 1.31 bits per heavy atom. The second-order valence-corrected chi connectivity index (χ2v) is 4.56. The number of aromatic nitrogens is 2. The number of aryl methyl sites for hydroxylation is 2. The first-order valence-electron chi connectivity index (χ1n) is 5.85. The fraction of sp³-hybridized carbons (Fsp3) is 0.667. The molecule has 0 radical (unpaired) electrons. The van der Waals surface area contributed by atoms with Crippen molar-refractivity contribution in [2.45, 2.75) is 33.3 Å². The first-order chi connectivity index (χ1) is 7.65. The summed E-state index contributed by atoms with van der Waals surface area (Å²) in [7, 11) is 0. The maximum Gasteiger partial charge on any atom is 0.317 e. The van der Waals surface area contributed by atoms with Crippen LogP contribution >= 0.6 is 0 Å². The molecule has 1 aliphatic rings. The van der Waals surface area contributed by atoms with E-state index >= 15 is 0 Å². The van der Waals surface area contributed by atoms with Gasteiger partial charge in [0.1, 0.15) is 6.10 Å². The lowest BCUT2D eigenvalue weighted by molar-refractivity contribution is 0.104. The maximum absolute atomic E-state index is 5.84. The minimum Gasteiger partial charge on any atom is -0.458 e. The molecule has 1 aliphatic heterocycles. The van der Waals surface area contributed by atoms with Crippen LogP contribution in [-0.2, 0) is 0 Å². The van der Waals surface area contributed by atoms with Crippen LogP contribution in [0.15, 0.2) is 6.07 Å². The van der Waals surface area contributed by atoms with Gasteiger partial charge in [-0.3, -0.25) is 0 Å². The van der Waals surface area contributed by atoms with E-state index in [1.807, 2.05) is 19.9 Å². The number of nitrogens with zero attached hydrogens (tertiary/aromatic N) is 2. The van der Waals surface area contributed by atoms with Crippen molar-refractivity contribution in [1.82, 2.24) is 15.3 Å². The average Bonchev–Trinajstić information content (AvgIpc) is 2.20. The zero-order valence-corrected chi connectivity index (χ0v) is 10.2. The molecule has 2 rings (SSSR count). The molecule has 1 aromatic heterocycles. The van der Waals surface area contributed by atoms with Gasteiger partial charge < -0.3 is 10.1 Å². The topological polar surface area (TPSA) is 47.0 Å². The Bertz CT molecular complexity index is 347. The molecule has 88 valence electrons. The van der Waals surface area contributed by atoms with Crippen LogP contribution in [0.4, 0.5) is 0 Å². The lowest BCUT2D eigenvalue weighted by Crippen LogP contribution is -2.43. The molecule has 0 spiro atoms. The SMILES string of the molecule is Cc1cc(C)nc(OC2CNCCC2C)n1. The molecule has 16 heavy (non-hydrogen) atoms. The van der Waals surface area contributed by atoms with Crippen molar-refractivity contribution in [1.29, 1.82) is 0 Å². The molecular formula is C12H19N3O. The fourth-order valence-electron chi connectivity index (χ4n) is 2.00. The predicted molar refractivity (Wildman–Crippen MR) is 62.6 cm³/mol. The van der Waals surface area contributed by atoms with E-state index in [1.165, 1.54) is 0 Å². The highest BCUT2D eigenvalue weighted by atomic mass is 16.5. The molecule has 0 aromatic carbocycles. The van der Waals surface area contributed by atoms with Crippen molar-refractivity contribution in [3.05, 3.63) is 17.5 Å². The third-order valence-corrected chi connectivity index (χ3v) is 2.98. The van der Waals surface area contributed by atoms with E-state index in [9.17, 15) is 0 Å². The monoisotopic (exact) mass is 221 g/mol. The van der Waals surface area contributed by atoms with Crippen LogP contribution in [-0.4, -0.2) is 29.2 Å². The Balaban J connectivity index is 2.07. The van der Waals surface area contributed by atoms with E-state index in [-0.39, 0.29) is 6.10 Å². The Labute approximate surface area is 96.4 Å². The second kappa shape index (κ2) is 4.78. The lowest BCUT2D eigenvalue weighted by Gasteiger charge is -2.29. The second-order valence-electron chi connectivity index (χ2n) is 4.56. The smallest absolute Gasteiger partial charge is 0.317 e. The standard InChI is InChI=1S/C12H19N3O/c1-8-4-5-13-7-11(8)16-12-14-9(2)6-10(3)15-12/h6,8,11,13H,4-5,7H2,1-3H3. The normalized spacial score (nSPS) is 25.4. The molecule has 1 N–H and O–H groups in total. The molecule has 2 unspecified atom stereocenters. The Morgan fingerprint density at radius 3 is 2.62 bits per heavy atom. The Kier molecular flexibility index (Phi) is 3.39. The minimum atomic E-state index is 0.190. The van der Waals surface area contributed by atoms with E-state index in [1.54, 1.807) is 0 Å². The van der Waals surface area contributed by atoms with Crippen molar-refractivity contribution in [2.24, 2.45) is 5.92 Å². The lowest BCUT2D eigenvalue weighted by atomic mass is 9.97. The van der Waals surface area contributed by atoms with Crippen molar-refractivity contribution in [3.63, 3.8) is 0 Å². The minimum absolute atomic E-state index is 0.190. The number of rotatable bonds is 2. The summed E-state index contributed by atoms with van der Waals surface area (Å²) in [6.07, 6.45) is 1.34. The van der Waals surface area contributed by atoms with Crippen LogP contribution in [0.3, 0.4) is 0 Å². The first kappa shape index (κ1) is 11.3. The number of nitrogens with one attached hydrogen (secondary N) is 1. The van der Waals surface area contributed by atoms with Crippen molar-refractivity contribution >= 4 is 0 Å². The van der Waals surface area contributed by atoms with Gasteiger partial charge in [-0.15, -0.1) is 0 Å². The third kappa shape index (κ3) is 2.70. The van der Waals surface area contributed by atoms with E-state index in [0.29, 0.717) is 11.9 Å². The Hall–Kier alpha value is -1.16. The van der Waals surface area contributed by atoms with Crippen LogP contribution in [0, 0.1) is 19.8 Å². The van der Waals surface area contributed by atoms with Gasteiger partial charge in [0.25, 0.3) is 0 Å². The molecule has 1 aromatic rings. The number of ether oxygens (including phenoxy) is 1. The molecule has 2 heterocycles. The summed E-state index contributed by atoms with van der Waals surface area (Å²) in [5, 5.41) is 3.33. The van der Waals surface area contributed by atoms with E-state index in [2.05, 4.69) is 22.2 Å². The largest absolute Gasteiger partial charge is 0.458 e. The van der Waals surface area contributed by atoms with Gasteiger partial charge in [0.05, 0.1) is 0 Å². The van der Waals surface area contributed by atoms with Crippen LogP contribution in [0.5, 0.6) is 6.01 Å². The van der Waals surface area contributed by atoms with Crippen LogP contribution in [0.1, 0.15) is 24.7 Å². The Morgan fingerprint density at radius 2 is 2.00 bits per heavy atom. The van der Waals surface area contributed by atoms with Gasteiger partial charge >= 0.3 is 6.01 Å². The van der Waals surface area contributed by atoms with Gasteiger partial charge in [-0.25, -0.2) is 9.97 Å². The molecule has 4 heteroatoms. The summed E-state index contributed by atoms with van der Waals surface area (Å²) in [5.41, 5.74) is 1.91. The zero-order valence-electron chi connectivity index (χ0n) is 10.2. The zero-order chi connectivity index (χ0) is 11.5. The summed E-state index contributed by atoms with van der Waals surface area (Å²) in [4.78, 5) is 8.60. The quantitative estimate of drug-likeness (QED) is 0.821. The first-order valence-corrected chi connectivity index (χ1v) is 5.85. The summed E-state index contributed by atoms with van der Waals surface area (Å²) >= 11 is 0. The number of hydrogen-bond acceptors (Lipinski definition) is 4. The number of hydrogen-bond donors (Lipinski definition) is 1. The van der Waals surface area contributed by atoms with E-state index in [4.69, 9.17) is 4.74 Å². The maximum atomic E-state index is 5.84. The van der Waals surface area contributed by atoms with Crippen molar-refractivity contribution < 1.29 is 4.74 Å². The molecule has 1 fully saturated rings. The fourth-order valence-corrected chi connectivity index (χ4v) is 2.00. The van der Waals surface area contributed by atoms with Gasteiger partial charge in [-0.1, -0.05) is 6.92 Å². The molecule has 1 saturated heterocycles. The highest BCUT2D eigenvalue weighted by Crippen LogP contribution is 2.17. The van der Waals surface area contributed by atoms with Crippen LogP contribution in [0.2, 0.25) is 0 Å². The van der Waals surface area contributed by atoms with Gasteiger partial charge in [-0.05, 0) is 38.8 Å². The molecular weight excluding hydrogens is 202 g/mol. The number of piperidine rings is 1. The van der Waals surface area contributed by atoms with E-state index in [0.717, 1.165) is 30.9 Å². The molecule has 4 nitrogen and oxygen atoms in total. The molecule has 0 bridgehead atoms. The van der Waals surface area contributed by atoms with Crippen LogP contribution in [0.25, 0.3) is 0 Å². The van der Waals surface area contributed by atoms with Gasteiger partial charge in [0.2, 0.25) is 0 Å². The van der Waals surface area contributed by atoms with Crippen LogP contribution < -0.4 is 10.1 Å². The van der Waals surface area contributed by atoms with Gasteiger partial charge in [0, 0.05) is 17.9 Å². The average molecular weight is 221 g/mol. The molecule has 0 aliphatic carbocycles. The summed E-state index contributed by atoms with van der Waals surface area (Å²) in [6.45, 7) is 8.11. The van der Waals surface area contributed by atoms with E-state index < -0.39 is 0 Å². The summed E-state index contributed by atoms with van der Waals surface area (Å²) in [6, 6.07) is 2.47. The highest BCUT2D eigenvalue weighted by Gasteiger charge is 2.23. The molecule has 2 atom stereocenters. The van der Waals surface area contributed by atoms with Crippen molar-refractivity contribution in [2.75, 3.05) is 13.1 Å². The molecule has 0 saturated carbocycles. The molecule has 0 amide bonds. The van der Waals surface area contributed by atoms with Gasteiger partial charge in [-0.2, -0.15) is 0 Å². The third-order valence-electron chi connectivity index (χ3n) is 2.98. The summed E-state index contributed by atoms with van der Waals surface area (Å²) in [5.74, 6) is 0.561. The highest BCUT2D eigenvalue weighted by molar-refractivity contribution is 5.11.